The highest BCUT2D eigenvalue weighted by Crippen LogP contribution is 2.26. The molecule has 0 saturated carbocycles. The highest BCUT2D eigenvalue weighted by molar-refractivity contribution is 6.12. The van der Waals surface area contributed by atoms with Gasteiger partial charge in [-0.1, -0.05) is 36.4 Å². The van der Waals surface area contributed by atoms with Crippen molar-refractivity contribution in [2.45, 2.75) is 19.3 Å². The van der Waals surface area contributed by atoms with Crippen LogP contribution in [0, 0.1) is 0 Å². The van der Waals surface area contributed by atoms with E-state index in [1.165, 1.54) is 0 Å². The molecule has 0 spiro atoms. The first-order chi connectivity index (χ1) is 10.3. The number of Topliss-reactive ketones (excluding diaryl/α,β-unsaturated/α-hetero) is 1. The number of ketones is 1. The van der Waals surface area contributed by atoms with Crippen molar-refractivity contribution in [1.82, 2.24) is 0 Å². The Morgan fingerprint density at radius 2 is 1.90 bits per heavy atom. The van der Waals surface area contributed by atoms with E-state index in [9.17, 15) is 4.79 Å². The zero-order valence-corrected chi connectivity index (χ0v) is 12.1. The Morgan fingerprint density at radius 1 is 1.05 bits per heavy atom. The normalized spacial score (nSPS) is 16.4. The van der Waals surface area contributed by atoms with E-state index in [1.54, 1.807) is 7.11 Å². The molecule has 0 saturated heterocycles. The third-order valence-corrected chi connectivity index (χ3v) is 3.88. The average Bonchev–Trinajstić information content (AvgIpc) is 2.68. The first-order valence-electron chi connectivity index (χ1n) is 7.25. The third kappa shape index (κ3) is 2.89. The number of carbonyl (C=O) groups excluding carboxylic acids is 1. The van der Waals surface area contributed by atoms with Crippen LogP contribution in [0.5, 0.6) is 5.75 Å². The molecule has 2 heteroatoms. The predicted molar refractivity (Wildman–Crippen MR) is 84.7 cm³/mol. The number of hydrogen-bond donors (Lipinski definition) is 0. The molecule has 0 heterocycles. The lowest BCUT2D eigenvalue weighted by molar-refractivity contribution is 0.103. The highest BCUT2D eigenvalue weighted by Gasteiger charge is 2.19. The molecular formula is C19H18O2. The van der Waals surface area contributed by atoms with Crippen LogP contribution in [0.2, 0.25) is 0 Å². The molecule has 0 amide bonds. The van der Waals surface area contributed by atoms with E-state index in [0.717, 1.165) is 47.3 Å². The van der Waals surface area contributed by atoms with Crippen molar-refractivity contribution in [2.24, 2.45) is 0 Å². The van der Waals surface area contributed by atoms with Crippen LogP contribution in [0.1, 0.15) is 34.3 Å². The minimum atomic E-state index is 0.158. The van der Waals surface area contributed by atoms with E-state index in [1.807, 2.05) is 48.5 Å². The van der Waals surface area contributed by atoms with E-state index in [2.05, 4.69) is 6.07 Å². The van der Waals surface area contributed by atoms with Gasteiger partial charge in [-0.05, 0) is 48.6 Å². The summed E-state index contributed by atoms with van der Waals surface area (Å²) in [6, 6.07) is 15.7. The maximum Gasteiger partial charge on any atom is 0.189 e. The Morgan fingerprint density at radius 3 is 2.76 bits per heavy atom. The number of methoxy groups -OCH3 is 1. The predicted octanol–water partition coefficient (Wildman–Crippen LogP) is 4.30. The van der Waals surface area contributed by atoms with Gasteiger partial charge in [0.1, 0.15) is 5.75 Å². The second kappa shape index (κ2) is 5.96. The van der Waals surface area contributed by atoms with Crippen molar-refractivity contribution in [1.29, 1.82) is 0 Å². The van der Waals surface area contributed by atoms with Crippen molar-refractivity contribution in [2.75, 3.05) is 7.11 Å². The zero-order chi connectivity index (χ0) is 14.7. The Kier molecular flexibility index (Phi) is 3.87. The number of benzene rings is 2. The minimum Gasteiger partial charge on any atom is -0.497 e. The topological polar surface area (TPSA) is 26.3 Å². The summed E-state index contributed by atoms with van der Waals surface area (Å²) in [4.78, 5) is 12.7. The average molecular weight is 278 g/mol. The molecule has 2 aromatic rings. The van der Waals surface area contributed by atoms with Crippen LogP contribution in [0.4, 0.5) is 0 Å². The maximum absolute atomic E-state index is 12.7. The number of rotatable bonds is 2. The summed E-state index contributed by atoms with van der Waals surface area (Å²) >= 11 is 0. The lowest BCUT2D eigenvalue weighted by atomic mass is 9.98. The van der Waals surface area contributed by atoms with Gasteiger partial charge in [-0.25, -0.2) is 0 Å². The fourth-order valence-corrected chi connectivity index (χ4v) is 2.79. The third-order valence-electron chi connectivity index (χ3n) is 3.88. The van der Waals surface area contributed by atoms with Crippen LogP contribution in [-0.4, -0.2) is 12.9 Å². The largest absolute Gasteiger partial charge is 0.497 e. The second-order valence-electron chi connectivity index (χ2n) is 5.29. The molecule has 0 radical (unpaired) electrons. The summed E-state index contributed by atoms with van der Waals surface area (Å²) in [5.74, 6) is 0.969. The lowest BCUT2D eigenvalue weighted by Crippen LogP contribution is -2.03. The van der Waals surface area contributed by atoms with Crippen LogP contribution in [0.3, 0.4) is 0 Å². The van der Waals surface area contributed by atoms with Gasteiger partial charge >= 0.3 is 0 Å². The number of fused-ring (bicyclic) bond motifs is 1. The van der Waals surface area contributed by atoms with Crippen molar-refractivity contribution in [3.8, 4) is 5.75 Å². The number of allylic oxidation sites excluding steroid dienone is 1. The van der Waals surface area contributed by atoms with Gasteiger partial charge in [-0.3, -0.25) is 4.79 Å². The summed E-state index contributed by atoms with van der Waals surface area (Å²) in [5, 5.41) is 0. The Labute approximate surface area is 125 Å². The van der Waals surface area contributed by atoms with Gasteiger partial charge in [0.05, 0.1) is 7.11 Å². The SMILES string of the molecule is COc1cccc(/C=C2/CCCc3ccccc3C2=O)c1. The molecule has 0 aliphatic heterocycles. The fraction of sp³-hybridized carbons (Fsp3) is 0.211. The van der Waals surface area contributed by atoms with E-state index in [4.69, 9.17) is 4.74 Å². The van der Waals surface area contributed by atoms with Gasteiger partial charge in [0.2, 0.25) is 0 Å². The van der Waals surface area contributed by atoms with Gasteiger partial charge in [0, 0.05) is 11.1 Å². The Bertz CT molecular complexity index is 698. The molecule has 0 bridgehead atoms. The molecule has 21 heavy (non-hydrogen) atoms. The summed E-state index contributed by atoms with van der Waals surface area (Å²) < 4.78 is 5.24. The molecule has 0 atom stereocenters. The van der Waals surface area contributed by atoms with Gasteiger partial charge in [0.25, 0.3) is 0 Å². The van der Waals surface area contributed by atoms with E-state index in [0.29, 0.717) is 0 Å². The van der Waals surface area contributed by atoms with Crippen LogP contribution >= 0.6 is 0 Å². The Balaban J connectivity index is 1.98. The van der Waals surface area contributed by atoms with Crippen LogP contribution in [-0.2, 0) is 6.42 Å². The van der Waals surface area contributed by atoms with Gasteiger partial charge in [-0.2, -0.15) is 0 Å². The molecule has 0 unspecified atom stereocenters. The quantitative estimate of drug-likeness (QED) is 0.605. The highest BCUT2D eigenvalue weighted by atomic mass is 16.5. The maximum atomic E-state index is 12.7. The summed E-state index contributed by atoms with van der Waals surface area (Å²) in [7, 11) is 1.65. The van der Waals surface area contributed by atoms with Crippen LogP contribution < -0.4 is 4.74 Å². The molecule has 0 N–H and O–H groups in total. The van der Waals surface area contributed by atoms with Gasteiger partial charge in [0.15, 0.2) is 5.78 Å². The zero-order valence-electron chi connectivity index (χ0n) is 12.1. The van der Waals surface area contributed by atoms with E-state index >= 15 is 0 Å². The van der Waals surface area contributed by atoms with Crippen molar-refractivity contribution < 1.29 is 9.53 Å². The fourth-order valence-electron chi connectivity index (χ4n) is 2.79. The molecule has 0 fully saturated rings. The standard InChI is InChI=1S/C19H18O2/c1-21-17-10-4-6-14(13-17)12-16-9-5-8-15-7-2-3-11-18(15)19(16)20/h2-4,6-7,10-13H,5,8-9H2,1H3/b16-12-. The van der Waals surface area contributed by atoms with Crippen LogP contribution in [0.15, 0.2) is 54.1 Å². The molecule has 2 aromatic carbocycles. The smallest absolute Gasteiger partial charge is 0.189 e. The van der Waals surface area contributed by atoms with Crippen molar-refractivity contribution >= 4 is 11.9 Å². The first-order valence-corrected chi connectivity index (χ1v) is 7.25. The van der Waals surface area contributed by atoms with E-state index in [-0.39, 0.29) is 5.78 Å². The molecule has 2 nitrogen and oxygen atoms in total. The molecule has 1 aliphatic rings. The van der Waals surface area contributed by atoms with Crippen molar-refractivity contribution in [3.05, 3.63) is 70.8 Å². The minimum absolute atomic E-state index is 0.158. The Hall–Kier alpha value is -2.35. The molecule has 0 aromatic heterocycles. The molecule has 3 rings (SSSR count). The lowest BCUT2D eigenvalue weighted by Gasteiger charge is -2.06. The second-order valence-corrected chi connectivity index (χ2v) is 5.29. The summed E-state index contributed by atoms with van der Waals surface area (Å²) in [6.07, 6.45) is 4.80. The van der Waals surface area contributed by atoms with E-state index < -0.39 is 0 Å². The van der Waals surface area contributed by atoms with Crippen LogP contribution in [0.25, 0.3) is 6.08 Å². The molecule has 1 aliphatic carbocycles. The summed E-state index contributed by atoms with van der Waals surface area (Å²) in [5.41, 5.74) is 3.91. The number of carbonyl (C=O) groups is 1. The monoisotopic (exact) mass is 278 g/mol. The summed E-state index contributed by atoms with van der Waals surface area (Å²) in [6.45, 7) is 0. The van der Waals surface area contributed by atoms with Crippen molar-refractivity contribution in [3.63, 3.8) is 0 Å². The van der Waals surface area contributed by atoms with Gasteiger partial charge < -0.3 is 4.74 Å². The van der Waals surface area contributed by atoms with Gasteiger partial charge in [-0.15, -0.1) is 0 Å². The first kappa shape index (κ1) is 13.6. The number of hydrogen-bond acceptors (Lipinski definition) is 2. The molecular weight excluding hydrogens is 260 g/mol. The number of ether oxygens (including phenoxy) is 1. The number of aryl methyl sites for hydroxylation is 1. The molecule has 106 valence electrons.